The molecule has 2 aromatic rings. The van der Waals surface area contributed by atoms with Gasteiger partial charge in [0, 0.05) is 0 Å². The highest BCUT2D eigenvalue weighted by molar-refractivity contribution is 5.90. The largest absolute Gasteiger partial charge is 0.453 e. The van der Waals surface area contributed by atoms with E-state index in [-0.39, 0.29) is 25.2 Å². The molecule has 2 saturated heterocycles. The van der Waals surface area contributed by atoms with Crippen molar-refractivity contribution in [2.45, 2.75) is 101 Å². The van der Waals surface area contributed by atoms with Gasteiger partial charge in [-0.15, -0.1) is 0 Å². The van der Waals surface area contributed by atoms with Crippen molar-refractivity contribution < 1.29 is 28.5 Å². The maximum Gasteiger partial charge on any atom is 0.338 e. The molecule has 4 aliphatic rings. The third-order valence-electron chi connectivity index (χ3n) is 9.75. The first kappa shape index (κ1) is 27.5. The minimum Gasteiger partial charge on any atom is -0.453 e. The molecule has 0 bridgehead atoms. The molecule has 0 radical (unpaired) electrons. The molecule has 0 N–H and O–H groups in total. The second-order valence-electron chi connectivity index (χ2n) is 12.6. The Balaban J connectivity index is 1.000. The molecule has 2 aliphatic heterocycles. The zero-order chi connectivity index (χ0) is 27.6. The third kappa shape index (κ3) is 5.99. The van der Waals surface area contributed by atoms with Crippen LogP contribution in [-0.2, 0) is 18.9 Å². The van der Waals surface area contributed by atoms with Gasteiger partial charge in [0.05, 0.1) is 24.3 Å². The molecule has 2 aliphatic carbocycles. The van der Waals surface area contributed by atoms with Crippen LogP contribution in [0.5, 0.6) is 0 Å². The molecule has 2 aromatic carbocycles. The number of hydrogen-bond donors (Lipinski definition) is 0. The highest BCUT2D eigenvalue weighted by Gasteiger charge is 2.51. The first-order valence-electron chi connectivity index (χ1n) is 15.3. The SMILES string of the molecule is CC1CCC(c2ccc(C(=O)OC3COC4C(OC(=O)c5ccc(C6CCC(C)CC6)cc5)COC34)cc2)CC1. The molecule has 4 fully saturated rings. The lowest BCUT2D eigenvalue weighted by molar-refractivity contribution is -0.0287. The molecule has 4 unspecified atom stereocenters. The number of benzene rings is 2. The van der Waals surface area contributed by atoms with Crippen molar-refractivity contribution in [1.29, 1.82) is 0 Å². The summed E-state index contributed by atoms with van der Waals surface area (Å²) in [7, 11) is 0. The topological polar surface area (TPSA) is 71.1 Å². The van der Waals surface area contributed by atoms with Crippen molar-refractivity contribution in [3.63, 3.8) is 0 Å². The Morgan fingerprint density at radius 3 is 1.27 bits per heavy atom. The zero-order valence-electron chi connectivity index (χ0n) is 23.8. The summed E-state index contributed by atoms with van der Waals surface area (Å²) in [5.41, 5.74) is 3.66. The van der Waals surface area contributed by atoms with Gasteiger partial charge >= 0.3 is 11.9 Å². The average Bonchev–Trinajstić information content (AvgIpc) is 3.57. The second-order valence-corrected chi connectivity index (χ2v) is 12.6. The fourth-order valence-corrected chi connectivity index (χ4v) is 7.01. The summed E-state index contributed by atoms with van der Waals surface area (Å²) in [5.74, 6) is 2.02. The van der Waals surface area contributed by atoms with Crippen molar-refractivity contribution >= 4 is 11.9 Å². The van der Waals surface area contributed by atoms with Gasteiger partial charge in [-0.2, -0.15) is 0 Å². The number of carbonyl (C=O) groups is 2. The molecule has 4 atom stereocenters. The molecule has 40 heavy (non-hydrogen) atoms. The van der Waals surface area contributed by atoms with Crippen molar-refractivity contribution in [3.8, 4) is 0 Å². The zero-order valence-corrected chi connectivity index (χ0v) is 23.8. The maximum absolute atomic E-state index is 12.9. The molecule has 0 amide bonds. The van der Waals surface area contributed by atoms with Crippen molar-refractivity contribution in [2.24, 2.45) is 11.8 Å². The fourth-order valence-electron chi connectivity index (χ4n) is 7.01. The number of fused-ring (bicyclic) bond motifs is 1. The Morgan fingerprint density at radius 1 is 0.575 bits per heavy atom. The van der Waals surface area contributed by atoms with Crippen molar-refractivity contribution in [3.05, 3.63) is 70.8 Å². The summed E-state index contributed by atoms with van der Waals surface area (Å²) in [6.45, 7) is 5.09. The molecule has 0 aromatic heterocycles. The van der Waals surface area contributed by atoms with Crippen LogP contribution in [0.25, 0.3) is 0 Å². The predicted octanol–water partition coefficient (Wildman–Crippen LogP) is 6.82. The molecule has 2 heterocycles. The van der Waals surface area contributed by atoms with E-state index in [9.17, 15) is 9.59 Å². The van der Waals surface area contributed by atoms with Crippen LogP contribution in [0.1, 0.15) is 109 Å². The summed E-state index contributed by atoms with van der Waals surface area (Å²) in [6.07, 6.45) is 7.95. The first-order chi connectivity index (χ1) is 19.4. The Morgan fingerprint density at radius 2 is 0.925 bits per heavy atom. The number of rotatable bonds is 6. The number of carbonyl (C=O) groups excluding carboxylic acids is 2. The van der Waals surface area contributed by atoms with Crippen LogP contribution < -0.4 is 0 Å². The highest BCUT2D eigenvalue weighted by atomic mass is 16.7. The van der Waals surface area contributed by atoms with Crippen LogP contribution in [-0.4, -0.2) is 49.6 Å². The van der Waals surface area contributed by atoms with Gasteiger partial charge < -0.3 is 18.9 Å². The van der Waals surface area contributed by atoms with Crippen molar-refractivity contribution in [1.82, 2.24) is 0 Å². The lowest BCUT2D eigenvalue weighted by atomic mass is 9.79. The van der Waals surface area contributed by atoms with Crippen molar-refractivity contribution in [2.75, 3.05) is 13.2 Å². The molecule has 214 valence electrons. The van der Waals surface area contributed by atoms with Crippen LogP contribution in [0, 0.1) is 11.8 Å². The maximum atomic E-state index is 12.9. The molecule has 2 saturated carbocycles. The smallest absolute Gasteiger partial charge is 0.338 e. The molecule has 6 heteroatoms. The third-order valence-corrected chi connectivity index (χ3v) is 9.75. The van der Waals surface area contributed by atoms with Gasteiger partial charge in [-0.05, 0) is 84.7 Å². The Labute approximate surface area is 237 Å². The Bertz CT molecular complexity index is 1060. The van der Waals surface area contributed by atoms with E-state index in [2.05, 4.69) is 38.1 Å². The summed E-state index contributed by atoms with van der Waals surface area (Å²) in [5, 5.41) is 0. The van der Waals surface area contributed by atoms with Gasteiger partial charge in [0.1, 0.15) is 12.2 Å². The lowest BCUT2D eigenvalue weighted by Crippen LogP contribution is -2.36. The van der Waals surface area contributed by atoms with Crippen LogP contribution in [0.15, 0.2) is 48.5 Å². The van der Waals surface area contributed by atoms with Gasteiger partial charge in [-0.25, -0.2) is 9.59 Å². The Hall–Kier alpha value is -2.70. The first-order valence-corrected chi connectivity index (χ1v) is 15.3. The standard InChI is InChI=1S/C34H42O6/c1-21-3-7-23(8-4-21)25-11-15-27(16-12-25)33(35)39-29-19-37-32-30(20-38-31(29)32)40-34(36)28-17-13-26(14-18-28)24-9-5-22(2)6-10-24/h11-18,21-24,29-32H,3-10,19-20H2,1-2H3. The summed E-state index contributed by atoms with van der Waals surface area (Å²) >= 11 is 0. The van der Waals surface area contributed by atoms with Crippen LogP contribution in [0.4, 0.5) is 0 Å². The highest BCUT2D eigenvalue weighted by Crippen LogP contribution is 2.37. The summed E-state index contributed by atoms with van der Waals surface area (Å²) < 4.78 is 23.4. The average molecular weight is 547 g/mol. The summed E-state index contributed by atoms with van der Waals surface area (Å²) in [6, 6.07) is 15.7. The van der Waals surface area contributed by atoms with E-state index >= 15 is 0 Å². The molecule has 6 nitrogen and oxygen atoms in total. The lowest BCUT2D eigenvalue weighted by Gasteiger charge is -2.26. The minimum atomic E-state index is -0.529. The molecular weight excluding hydrogens is 504 g/mol. The number of ether oxygens (including phenoxy) is 4. The predicted molar refractivity (Wildman–Crippen MR) is 152 cm³/mol. The van der Waals surface area contributed by atoms with Gasteiger partial charge in [0.15, 0.2) is 12.2 Å². The monoisotopic (exact) mass is 546 g/mol. The van der Waals surface area contributed by atoms with E-state index in [1.807, 2.05) is 24.3 Å². The van der Waals surface area contributed by atoms with Gasteiger partial charge in [0.25, 0.3) is 0 Å². The normalized spacial score (nSPS) is 33.8. The molecule has 0 spiro atoms. The van der Waals surface area contributed by atoms with E-state index in [0.717, 1.165) is 11.8 Å². The second kappa shape index (κ2) is 12.0. The van der Waals surface area contributed by atoms with Gasteiger partial charge in [0.2, 0.25) is 0 Å². The van der Waals surface area contributed by atoms with E-state index in [4.69, 9.17) is 18.9 Å². The van der Waals surface area contributed by atoms with Crippen LogP contribution in [0.3, 0.4) is 0 Å². The quantitative estimate of drug-likeness (QED) is 0.370. The van der Waals surface area contributed by atoms with Crippen LogP contribution >= 0.6 is 0 Å². The molecular formula is C34H42O6. The fraction of sp³-hybridized carbons (Fsp3) is 0.588. The van der Waals surface area contributed by atoms with E-state index in [1.54, 1.807) is 0 Å². The van der Waals surface area contributed by atoms with E-state index in [0.29, 0.717) is 23.0 Å². The number of esters is 2. The minimum absolute atomic E-state index is 0.224. The van der Waals surface area contributed by atoms with E-state index < -0.39 is 24.4 Å². The number of hydrogen-bond acceptors (Lipinski definition) is 6. The van der Waals surface area contributed by atoms with Gasteiger partial charge in [-0.1, -0.05) is 63.8 Å². The molecule has 6 rings (SSSR count). The van der Waals surface area contributed by atoms with Crippen LogP contribution in [0.2, 0.25) is 0 Å². The van der Waals surface area contributed by atoms with Gasteiger partial charge in [-0.3, -0.25) is 0 Å². The summed E-state index contributed by atoms with van der Waals surface area (Å²) in [4.78, 5) is 25.8. The van der Waals surface area contributed by atoms with E-state index in [1.165, 1.54) is 62.5 Å². The Kier molecular flexibility index (Phi) is 8.27.